The molecule has 9 heteroatoms. The predicted octanol–water partition coefficient (Wildman–Crippen LogP) is 2.77. The molecule has 2 aliphatic rings. The lowest BCUT2D eigenvalue weighted by atomic mass is 10.2. The molecule has 2 fully saturated rings. The molecule has 3 heterocycles. The molecule has 7 nitrogen and oxygen atoms in total. The fourth-order valence-corrected chi connectivity index (χ4v) is 6.10. The molecule has 2 N–H and O–H groups in total. The number of thiophene rings is 1. The third-order valence-electron chi connectivity index (χ3n) is 5.84. The highest BCUT2D eigenvalue weighted by Gasteiger charge is 2.25. The Balaban J connectivity index is 1.40. The maximum atomic E-state index is 12.8. The van der Waals surface area contributed by atoms with E-state index in [0.29, 0.717) is 18.7 Å². The van der Waals surface area contributed by atoms with Crippen molar-refractivity contribution in [3.63, 3.8) is 0 Å². The summed E-state index contributed by atoms with van der Waals surface area (Å²) < 4.78 is 33.4. The van der Waals surface area contributed by atoms with E-state index in [1.54, 1.807) is 23.5 Å². The van der Waals surface area contributed by atoms with E-state index in [4.69, 9.17) is 4.74 Å². The van der Waals surface area contributed by atoms with Crippen molar-refractivity contribution in [2.24, 2.45) is 0 Å². The Labute approximate surface area is 187 Å². The molecule has 1 aromatic carbocycles. The smallest absolute Gasteiger partial charge is 0.251 e. The van der Waals surface area contributed by atoms with Crippen molar-refractivity contribution in [1.82, 2.24) is 14.9 Å². The second-order valence-electron chi connectivity index (χ2n) is 8.00. The zero-order valence-electron chi connectivity index (χ0n) is 17.5. The van der Waals surface area contributed by atoms with Gasteiger partial charge in [0.25, 0.3) is 5.91 Å². The summed E-state index contributed by atoms with van der Waals surface area (Å²) in [5, 5.41) is 5.06. The second kappa shape index (κ2) is 10.2. The van der Waals surface area contributed by atoms with E-state index in [2.05, 4.69) is 26.4 Å². The Morgan fingerprint density at radius 1 is 1.19 bits per heavy atom. The normalized spacial score (nSPS) is 20.7. The first-order valence-electron chi connectivity index (χ1n) is 10.8. The molecule has 168 valence electrons. The number of ether oxygens (including phenoxy) is 1. The van der Waals surface area contributed by atoms with Crippen LogP contribution in [0.25, 0.3) is 0 Å². The number of carbonyl (C=O) groups is 1. The number of hydrogen-bond acceptors (Lipinski definition) is 6. The molecule has 2 saturated heterocycles. The zero-order valence-corrected chi connectivity index (χ0v) is 19.1. The van der Waals surface area contributed by atoms with Crippen molar-refractivity contribution < 1.29 is 17.9 Å². The number of amides is 1. The van der Waals surface area contributed by atoms with Gasteiger partial charge in [0.1, 0.15) is 0 Å². The molecule has 2 atom stereocenters. The summed E-state index contributed by atoms with van der Waals surface area (Å²) in [6.45, 7) is 3.47. The van der Waals surface area contributed by atoms with Crippen LogP contribution in [-0.2, 0) is 14.8 Å². The fourth-order valence-electron chi connectivity index (χ4n) is 4.13. The van der Waals surface area contributed by atoms with E-state index in [9.17, 15) is 13.2 Å². The monoisotopic (exact) mass is 463 g/mol. The van der Waals surface area contributed by atoms with E-state index >= 15 is 0 Å². The molecule has 0 bridgehead atoms. The molecule has 0 aliphatic carbocycles. The summed E-state index contributed by atoms with van der Waals surface area (Å²) in [4.78, 5) is 16.5. The number of nitrogens with zero attached hydrogens (tertiary/aromatic N) is 1. The Morgan fingerprint density at radius 3 is 2.74 bits per heavy atom. The van der Waals surface area contributed by atoms with Crippen LogP contribution in [0.1, 0.15) is 47.0 Å². The first-order chi connectivity index (χ1) is 15.0. The topological polar surface area (TPSA) is 87.7 Å². The lowest BCUT2D eigenvalue weighted by molar-refractivity contribution is 0.0938. The highest BCUT2D eigenvalue weighted by atomic mass is 32.2. The summed E-state index contributed by atoms with van der Waals surface area (Å²) in [6.07, 6.45) is 4.07. The van der Waals surface area contributed by atoms with Crippen molar-refractivity contribution in [1.29, 1.82) is 0 Å². The van der Waals surface area contributed by atoms with Crippen LogP contribution < -0.4 is 10.0 Å². The minimum atomic E-state index is -3.70. The van der Waals surface area contributed by atoms with Gasteiger partial charge in [0.15, 0.2) is 0 Å². The highest BCUT2D eigenvalue weighted by Crippen LogP contribution is 2.28. The molecular weight excluding hydrogens is 434 g/mol. The van der Waals surface area contributed by atoms with Crippen LogP contribution in [0.15, 0.2) is 46.7 Å². The van der Waals surface area contributed by atoms with Crippen LogP contribution in [-0.4, -0.2) is 58.1 Å². The van der Waals surface area contributed by atoms with Gasteiger partial charge in [0, 0.05) is 30.1 Å². The average molecular weight is 464 g/mol. The van der Waals surface area contributed by atoms with E-state index < -0.39 is 10.0 Å². The molecule has 2 aromatic rings. The maximum Gasteiger partial charge on any atom is 0.251 e. The van der Waals surface area contributed by atoms with Gasteiger partial charge in [0.05, 0.1) is 17.0 Å². The van der Waals surface area contributed by atoms with Crippen molar-refractivity contribution in [3.05, 3.63) is 52.2 Å². The quantitative estimate of drug-likeness (QED) is 0.597. The number of nitrogens with one attached hydrogen (secondary N) is 2. The van der Waals surface area contributed by atoms with E-state index in [1.807, 2.05) is 6.07 Å². The molecule has 0 spiro atoms. The number of sulfonamides is 1. The Bertz CT molecular complexity index is 966. The molecule has 31 heavy (non-hydrogen) atoms. The number of likely N-dealkylation sites (tertiary alicyclic amines) is 1. The number of benzene rings is 1. The Hall–Kier alpha value is -1.78. The number of hydrogen-bond donors (Lipinski definition) is 2. The minimum Gasteiger partial charge on any atom is -0.377 e. The van der Waals surface area contributed by atoms with Gasteiger partial charge in [-0.3, -0.25) is 9.69 Å². The molecule has 0 radical (unpaired) electrons. The Kier molecular flexibility index (Phi) is 7.39. The highest BCUT2D eigenvalue weighted by molar-refractivity contribution is 7.89. The third-order valence-corrected chi connectivity index (χ3v) is 8.24. The molecule has 4 rings (SSSR count). The third kappa shape index (κ3) is 5.72. The van der Waals surface area contributed by atoms with E-state index in [0.717, 1.165) is 25.9 Å². The summed E-state index contributed by atoms with van der Waals surface area (Å²) in [5.74, 6) is -0.267. The molecular formula is C22H29N3O4S2. The van der Waals surface area contributed by atoms with E-state index in [-0.39, 0.29) is 29.5 Å². The molecule has 2 aliphatic heterocycles. The van der Waals surface area contributed by atoms with Crippen LogP contribution >= 0.6 is 11.3 Å². The fraction of sp³-hybridized carbons (Fsp3) is 0.500. The first kappa shape index (κ1) is 22.4. The van der Waals surface area contributed by atoms with Crippen LogP contribution in [0.4, 0.5) is 0 Å². The predicted molar refractivity (Wildman–Crippen MR) is 121 cm³/mol. The summed E-state index contributed by atoms with van der Waals surface area (Å²) >= 11 is 1.70. The molecule has 0 saturated carbocycles. The number of rotatable bonds is 9. The maximum absolute atomic E-state index is 12.8. The lowest BCUT2D eigenvalue weighted by Crippen LogP contribution is -2.36. The van der Waals surface area contributed by atoms with Gasteiger partial charge in [-0.15, -0.1) is 11.3 Å². The first-order valence-corrected chi connectivity index (χ1v) is 13.2. The van der Waals surface area contributed by atoms with Crippen LogP contribution in [0.3, 0.4) is 0 Å². The van der Waals surface area contributed by atoms with Crippen molar-refractivity contribution in [3.8, 4) is 0 Å². The van der Waals surface area contributed by atoms with Crippen LogP contribution in [0, 0.1) is 0 Å². The molecule has 1 aromatic heterocycles. The lowest BCUT2D eigenvalue weighted by Gasteiger charge is -2.27. The molecule has 2 unspecified atom stereocenters. The standard InChI is InChI=1S/C22H29N3O4S2/c26-22(23-16-20(21-9-5-13-30-21)25-10-1-2-11-25)17-6-3-8-19(14-17)31(27,28)24-15-18-7-4-12-29-18/h3,5-6,8-9,13-14,18,20,24H,1-2,4,7,10-12,15-16H2,(H,23,26). The van der Waals surface area contributed by atoms with Crippen LogP contribution in [0.5, 0.6) is 0 Å². The summed E-state index contributed by atoms with van der Waals surface area (Å²) in [6, 6.07) is 10.5. The van der Waals surface area contributed by atoms with Gasteiger partial charge in [-0.25, -0.2) is 13.1 Å². The van der Waals surface area contributed by atoms with Crippen molar-refractivity contribution in [2.45, 2.75) is 42.7 Å². The SMILES string of the molecule is O=C(NCC(c1cccs1)N1CCCC1)c1cccc(S(=O)(=O)NCC2CCCO2)c1. The average Bonchev–Trinajstić information content (AvgIpc) is 3.56. The summed E-state index contributed by atoms with van der Waals surface area (Å²) in [5.41, 5.74) is 0.339. The van der Waals surface area contributed by atoms with Gasteiger partial charge in [-0.2, -0.15) is 0 Å². The Morgan fingerprint density at radius 2 is 2.03 bits per heavy atom. The van der Waals surface area contributed by atoms with Gasteiger partial charge < -0.3 is 10.1 Å². The molecule has 1 amide bonds. The van der Waals surface area contributed by atoms with Gasteiger partial charge in [-0.05, 0) is 68.4 Å². The van der Waals surface area contributed by atoms with Gasteiger partial charge in [-0.1, -0.05) is 12.1 Å². The van der Waals surface area contributed by atoms with Crippen molar-refractivity contribution >= 4 is 27.3 Å². The van der Waals surface area contributed by atoms with Crippen molar-refractivity contribution in [2.75, 3.05) is 32.8 Å². The largest absolute Gasteiger partial charge is 0.377 e. The number of carbonyl (C=O) groups excluding carboxylic acids is 1. The minimum absolute atomic E-state index is 0.0824. The zero-order chi connectivity index (χ0) is 21.7. The van der Waals surface area contributed by atoms with E-state index in [1.165, 1.54) is 29.9 Å². The van der Waals surface area contributed by atoms with Crippen LogP contribution in [0.2, 0.25) is 0 Å². The second-order valence-corrected chi connectivity index (χ2v) is 10.7. The van der Waals surface area contributed by atoms with Gasteiger partial charge in [0.2, 0.25) is 10.0 Å². The summed E-state index contributed by atoms with van der Waals surface area (Å²) in [7, 11) is -3.70. The van der Waals surface area contributed by atoms with Gasteiger partial charge >= 0.3 is 0 Å².